The lowest BCUT2D eigenvalue weighted by atomic mass is 10.1. The highest BCUT2D eigenvalue weighted by atomic mass is 16.5. The SMILES string of the molecule is CCc1oc2ccccc2c1/C=C(\C#N)C(=O)Nc1ccc(N2CCOCC2)cc1. The van der Waals surface area contributed by atoms with Gasteiger partial charge in [0.05, 0.1) is 13.2 Å². The summed E-state index contributed by atoms with van der Waals surface area (Å²) < 4.78 is 11.2. The molecule has 0 aliphatic carbocycles. The van der Waals surface area contributed by atoms with Gasteiger partial charge in [0.2, 0.25) is 0 Å². The fourth-order valence-electron chi connectivity index (χ4n) is 3.61. The van der Waals surface area contributed by atoms with Gasteiger partial charge in [0.25, 0.3) is 5.91 Å². The number of benzene rings is 2. The van der Waals surface area contributed by atoms with Crippen LogP contribution in [0.15, 0.2) is 58.5 Å². The number of carbonyl (C=O) groups excluding carboxylic acids is 1. The topological polar surface area (TPSA) is 78.5 Å². The average molecular weight is 401 g/mol. The maximum Gasteiger partial charge on any atom is 0.266 e. The van der Waals surface area contributed by atoms with E-state index in [9.17, 15) is 10.1 Å². The standard InChI is InChI=1S/C24H23N3O3/c1-2-22-21(20-5-3-4-6-23(20)30-22)15-17(16-25)24(28)26-18-7-9-19(10-8-18)27-11-13-29-14-12-27/h3-10,15H,2,11-14H2,1H3,(H,26,28)/b17-15+. The average Bonchev–Trinajstić information content (AvgIpc) is 3.16. The largest absolute Gasteiger partial charge is 0.460 e. The van der Waals surface area contributed by atoms with Crippen molar-refractivity contribution in [3.63, 3.8) is 0 Å². The Hall–Kier alpha value is -3.56. The Balaban J connectivity index is 1.54. The number of carbonyl (C=O) groups is 1. The summed E-state index contributed by atoms with van der Waals surface area (Å²) in [4.78, 5) is 15.0. The second kappa shape index (κ2) is 8.85. The molecule has 0 radical (unpaired) electrons. The Morgan fingerprint density at radius 3 is 2.60 bits per heavy atom. The lowest BCUT2D eigenvalue weighted by molar-refractivity contribution is -0.112. The van der Waals surface area contributed by atoms with Crippen LogP contribution in [-0.4, -0.2) is 32.2 Å². The minimum atomic E-state index is -0.441. The van der Waals surface area contributed by atoms with E-state index < -0.39 is 5.91 Å². The van der Waals surface area contributed by atoms with Crippen LogP contribution in [0, 0.1) is 11.3 Å². The summed E-state index contributed by atoms with van der Waals surface area (Å²) >= 11 is 0. The van der Waals surface area contributed by atoms with Crippen molar-refractivity contribution >= 4 is 34.3 Å². The van der Waals surface area contributed by atoms with Crippen molar-refractivity contribution in [3.05, 3.63) is 65.4 Å². The van der Waals surface area contributed by atoms with Gasteiger partial charge >= 0.3 is 0 Å². The molecule has 0 spiro atoms. The van der Waals surface area contributed by atoms with E-state index >= 15 is 0 Å². The number of rotatable bonds is 5. The molecule has 2 aromatic carbocycles. The van der Waals surface area contributed by atoms with Gasteiger partial charge in [0.15, 0.2) is 0 Å². The van der Waals surface area contributed by atoms with Crippen LogP contribution in [0.3, 0.4) is 0 Å². The molecule has 152 valence electrons. The van der Waals surface area contributed by atoms with E-state index in [-0.39, 0.29) is 5.57 Å². The molecular weight excluding hydrogens is 378 g/mol. The summed E-state index contributed by atoms with van der Waals surface area (Å²) in [7, 11) is 0. The van der Waals surface area contributed by atoms with Crippen molar-refractivity contribution in [1.82, 2.24) is 0 Å². The van der Waals surface area contributed by atoms with E-state index in [1.807, 2.05) is 61.5 Å². The van der Waals surface area contributed by atoms with Crippen LogP contribution in [0.2, 0.25) is 0 Å². The Bertz CT molecular complexity index is 1120. The van der Waals surface area contributed by atoms with Gasteiger partial charge in [-0.3, -0.25) is 4.79 Å². The molecule has 0 saturated carbocycles. The van der Waals surface area contributed by atoms with Gasteiger partial charge in [-0.25, -0.2) is 0 Å². The third-order valence-electron chi connectivity index (χ3n) is 5.19. The second-order valence-corrected chi connectivity index (χ2v) is 7.06. The molecule has 1 N–H and O–H groups in total. The zero-order valence-corrected chi connectivity index (χ0v) is 16.9. The van der Waals surface area contributed by atoms with Gasteiger partial charge in [-0.2, -0.15) is 5.26 Å². The van der Waals surface area contributed by atoms with Crippen LogP contribution in [0.5, 0.6) is 0 Å². The number of hydrogen-bond acceptors (Lipinski definition) is 5. The first-order chi connectivity index (χ1) is 14.7. The van der Waals surface area contributed by atoms with Gasteiger partial charge < -0.3 is 19.4 Å². The zero-order valence-electron chi connectivity index (χ0n) is 16.9. The molecule has 4 rings (SSSR count). The van der Waals surface area contributed by atoms with Crippen molar-refractivity contribution in [2.75, 3.05) is 36.5 Å². The van der Waals surface area contributed by atoms with E-state index in [0.29, 0.717) is 12.1 Å². The monoisotopic (exact) mass is 401 g/mol. The smallest absolute Gasteiger partial charge is 0.266 e. The van der Waals surface area contributed by atoms with Gasteiger partial charge in [-0.15, -0.1) is 0 Å². The number of anilines is 2. The number of nitriles is 1. The molecule has 1 saturated heterocycles. The Morgan fingerprint density at radius 1 is 1.17 bits per heavy atom. The van der Waals surface area contributed by atoms with E-state index in [1.165, 1.54) is 0 Å². The summed E-state index contributed by atoms with van der Waals surface area (Å²) in [6.07, 6.45) is 2.28. The summed E-state index contributed by atoms with van der Waals surface area (Å²) in [6.45, 7) is 5.13. The first kappa shape index (κ1) is 19.7. The molecule has 30 heavy (non-hydrogen) atoms. The molecule has 0 atom stereocenters. The third-order valence-corrected chi connectivity index (χ3v) is 5.19. The molecule has 6 nitrogen and oxygen atoms in total. The fourth-order valence-corrected chi connectivity index (χ4v) is 3.61. The van der Waals surface area contributed by atoms with E-state index in [4.69, 9.17) is 9.15 Å². The predicted molar refractivity (Wildman–Crippen MR) is 117 cm³/mol. The molecule has 1 aromatic heterocycles. The predicted octanol–water partition coefficient (Wildman–Crippen LogP) is 4.38. The third kappa shape index (κ3) is 4.07. The Morgan fingerprint density at radius 2 is 1.90 bits per heavy atom. The van der Waals surface area contributed by atoms with Crippen molar-refractivity contribution < 1.29 is 13.9 Å². The van der Waals surface area contributed by atoms with Crippen LogP contribution < -0.4 is 10.2 Å². The molecule has 1 fully saturated rings. The van der Waals surface area contributed by atoms with Crippen LogP contribution in [0.25, 0.3) is 17.0 Å². The number of para-hydroxylation sites is 1. The van der Waals surface area contributed by atoms with Crippen molar-refractivity contribution in [2.24, 2.45) is 0 Å². The Labute approximate surface area is 175 Å². The summed E-state index contributed by atoms with van der Waals surface area (Å²) in [5, 5.41) is 13.3. The first-order valence-corrected chi connectivity index (χ1v) is 10.1. The minimum absolute atomic E-state index is 0.0357. The number of amides is 1. The van der Waals surface area contributed by atoms with Crippen molar-refractivity contribution in [3.8, 4) is 6.07 Å². The lowest BCUT2D eigenvalue weighted by Crippen LogP contribution is -2.36. The number of fused-ring (bicyclic) bond motifs is 1. The molecule has 0 unspecified atom stereocenters. The Kier molecular flexibility index (Phi) is 5.82. The van der Waals surface area contributed by atoms with Crippen LogP contribution in [0.1, 0.15) is 18.2 Å². The molecule has 1 amide bonds. The molecule has 6 heteroatoms. The van der Waals surface area contributed by atoms with Crippen molar-refractivity contribution in [1.29, 1.82) is 5.26 Å². The van der Waals surface area contributed by atoms with Crippen LogP contribution in [0.4, 0.5) is 11.4 Å². The summed E-state index contributed by atoms with van der Waals surface area (Å²) in [5.41, 5.74) is 3.30. The maximum atomic E-state index is 12.7. The molecule has 0 bridgehead atoms. The number of ether oxygens (including phenoxy) is 1. The molecule has 3 aromatic rings. The van der Waals surface area contributed by atoms with Crippen LogP contribution in [-0.2, 0) is 16.0 Å². The highest BCUT2D eigenvalue weighted by Crippen LogP contribution is 2.28. The van der Waals surface area contributed by atoms with Gasteiger partial charge in [-0.05, 0) is 36.4 Å². The number of furan rings is 1. The number of nitrogens with zero attached hydrogens (tertiary/aromatic N) is 2. The van der Waals surface area contributed by atoms with E-state index in [2.05, 4.69) is 10.2 Å². The normalized spacial score (nSPS) is 14.5. The second-order valence-electron chi connectivity index (χ2n) is 7.06. The van der Waals surface area contributed by atoms with Gasteiger partial charge in [-0.1, -0.05) is 25.1 Å². The number of aryl methyl sites for hydroxylation is 1. The van der Waals surface area contributed by atoms with Gasteiger partial charge in [0.1, 0.15) is 23.0 Å². The highest BCUT2D eigenvalue weighted by Gasteiger charge is 2.16. The minimum Gasteiger partial charge on any atom is -0.460 e. The lowest BCUT2D eigenvalue weighted by Gasteiger charge is -2.28. The molecule has 2 heterocycles. The van der Waals surface area contributed by atoms with E-state index in [1.54, 1.807) is 6.08 Å². The molecule has 1 aliphatic heterocycles. The van der Waals surface area contributed by atoms with E-state index in [0.717, 1.165) is 54.3 Å². The summed E-state index contributed by atoms with van der Waals surface area (Å²) in [5.74, 6) is 0.315. The maximum absolute atomic E-state index is 12.7. The quantitative estimate of drug-likeness (QED) is 0.507. The van der Waals surface area contributed by atoms with Crippen molar-refractivity contribution in [2.45, 2.75) is 13.3 Å². The highest BCUT2D eigenvalue weighted by molar-refractivity contribution is 6.10. The zero-order chi connectivity index (χ0) is 20.9. The number of nitrogens with one attached hydrogen (secondary N) is 1. The summed E-state index contributed by atoms with van der Waals surface area (Å²) in [6, 6.07) is 17.3. The molecule has 1 aliphatic rings. The molecular formula is C24H23N3O3. The number of morpholine rings is 1. The van der Waals surface area contributed by atoms with Crippen LogP contribution >= 0.6 is 0 Å². The van der Waals surface area contributed by atoms with Gasteiger partial charge in [0, 0.05) is 41.8 Å². The fraction of sp³-hybridized carbons (Fsp3) is 0.250. The number of hydrogen-bond donors (Lipinski definition) is 1. The first-order valence-electron chi connectivity index (χ1n) is 10.1.